The van der Waals surface area contributed by atoms with E-state index in [9.17, 15) is 9.18 Å². The Balaban J connectivity index is 2.64. The first-order valence-electron chi connectivity index (χ1n) is 4.88. The predicted octanol–water partition coefficient (Wildman–Crippen LogP) is 2.34. The van der Waals surface area contributed by atoms with Crippen molar-refractivity contribution in [3.8, 4) is 0 Å². The van der Waals surface area contributed by atoms with E-state index in [1.54, 1.807) is 0 Å². The fourth-order valence-corrected chi connectivity index (χ4v) is 1.55. The van der Waals surface area contributed by atoms with Gasteiger partial charge in [-0.3, -0.25) is 4.79 Å². The Labute approximate surface area is 79.1 Å². The first-order chi connectivity index (χ1) is 5.93. The van der Waals surface area contributed by atoms with Gasteiger partial charge in [0.05, 0.1) is 0 Å². The van der Waals surface area contributed by atoms with E-state index in [-0.39, 0.29) is 5.91 Å². The molecule has 0 aliphatic carbocycles. The van der Waals surface area contributed by atoms with Crippen LogP contribution in [0.25, 0.3) is 0 Å². The second-order valence-corrected chi connectivity index (χ2v) is 4.68. The number of carbonyl (C=O) groups is 1. The van der Waals surface area contributed by atoms with Crippen molar-refractivity contribution in [3.05, 3.63) is 0 Å². The van der Waals surface area contributed by atoms with Crippen molar-refractivity contribution in [1.82, 2.24) is 4.90 Å². The van der Waals surface area contributed by atoms with Crippen LogP contribution >= 0.6 is 0 Å². The van der Waals surface area contributed by atoms with Crippen molar-refractivity contribution in [1.29, 1.82) is 0 Å². The van der Waals surface area contributed by atoms with E-state index in [2.05, 4.69) is 0 Å². The molecule has 0 saturated carbocycles. The molecule has 0 spiro atoms. The lowest BCUT2D eigenvalue weighted by molar-refractivity contribution is -0.147. The summed E-state index contributed by atoms with van der Waals surface area (Å²) in [4.78, 5) is 13.1. The number of rotatable bonds is 0. The number of hydrogen-bond acceptors (Lipinski definition) is 1. The van der Waals surface area contributed by atoms with Gasteiger partial charge in [0, 0.05) is 12.0 Å². The highest BCUT2D eigenvalue weighted by Crippen LogP contribution is 2.24. The first kappa shape index (κ1) is 10.5. The molecule has 76 valence electrons. The Morgan fingerprint density at radius 2 is 2.00 bits per heavy atom. The van der Waals surface area contributed by atoms with E-state index < -0.39 is 11.7 Å². The fraction of sp³-hybridized carbons (Fsp3) is 0.900. The zero-order valence-electron chi connectivity index (χ0n) is 8.64. The van der Waals surface area contributed by atoms with Gasteiger partial charge in [-0.1, -0.05) is 20.8 Å². The van der Waals surface area contributed by atoms with Crippen LogP contribution in [0, 0.1) is 5.41 Å². The smallest absolute Gasteiger partial charge is 0.230 e. The van der Waals surface area contributed by atoms with Gasteiger partial charge in [-0.25, -0.2) is 4.39 Å². The molecule has 0 aromatic carbocycles. The lowest BCUT2D eigenvalue weighted by Crippen LogP contribution is -2.46. The Hall–Kier alpha value is -0.600. The highest BCUT2D eigenvalue weighted by atomic mass is 19.1. The second-order valence-electron chi connectivity index (χ2n) is 4.68. The van der Waals surface area contributed by atoms with Crippen LogP contribution in [0.2, 0.25) is 0 Å². The average molecular weight is 187 g/mol. The molecule has 0 aromatic rings. The van der Waals surface area contributed by atoms with E-state index >= 15 is 0 Å². The molecule has 1 atom stereocenters. The molecule has 3 heteroatoms. The summed E-state index contributed by atoms with van der Waals surface area (Å²) in [5, 5.41) is 0. The van der Waals surface area contributed by atoms with Crippen LogP contribution in [0.5, 0.6) is 0 Å². The number of likely N-dealkylation sites (tertiary alicyclic amines) is 1. The van der Waals surface area contributed by atoms with Gasteiger partial charge in [0.15, 0.2) is 6.30 Å². The number of halogens is 1. The standard InChI is InChI=1S/C10H18FNO/c1-10(2,3)9(13)12-7-5-4-6-8(12)11/h8H,4-7H2,1-3H3. The Morgan fingerprint density at radius 3 is 2.46 bits per heavy atom. The van der Waals surface area contributed by atoms with Crippen LogP contribution in [-0.4, -0.2) is 23.6 Å². The molecule has 1 aliphatic rings. The average Bonchev–Trinajstić information content (AvgIpc) is 2.02. The molecule has 1 saturated heterocycles. The maximum Gasteiger partial charge on any atom is 0.230 e. The topological polar surface area (TPSA) is 20.3 Å². The van der Waals surface area contributed by atoms with E-state index in [1.807, 2.05) is 20.8 Å². The number of carbonyl (C=O) groups excluding carboxylic acids is 1. The summed E-state index contributed by atoms with van der Waals surface area (Å²) >= 11 is 0. The summed E-state index contributed by atoms with van der Waals surface area (Å²) in [6.45, 7) is 6.07. The lowest BCUT2D eigenvalue weighted by atomic mass is 9.93. The Morgan fingerprint density at radius 1 is 1.38 bits per heavy atom. The van der Waals surface area contributed by atoms with Crippen molar-refractivity contribution < 1.29 is 9.18 Å². The van der Waals surface area contributed by atoms with Gasteiger partial charge in [-0.15, -0.1) is 0 Å². The molecule has 0 radical (unpaired) electrons. The van der Waals surface area contributed by atoms with Crippen LogP contribution in [0.15, 0.2) is 0 Å². The monoisotopic (exact) mass is 187 g/mol. The third kappa shape index (κ3) is 2.42. The molecule has 0 bridgehead atoms. The third-order valence-electron chi connectivity index (χ3n) is 2.33. The molecule has 1 amide bonds. The minimum absolute atomic E-state index is 0.0697. The van der Waals surface area contributed by atoms with Crippen molar-refractivity contribution in [2.45, 2.75) is 46.3 Å². The summed E-state index contributed by atoms with van der Waals surface area (Å²) in [5.41, 5.74) is -0.457. The van der Waals surface area contributed by atoms with Crippen LogP contribution in [0.4, 0.5) is 4.39 Å². The molecular formula is C10H18FNO. The molecule has 2 nitrogen and oxygen atoms in total. The van der Waals surface area contributed by atoms with Gasteiger partial charge in [-0.2, -0.15) is 0 Å². The minimum atomic E-state index is -1.06. The number of amides is 1. The molecule has 1 unspecified atom stereocenters. The van der Waals surface area contributed by atoms with Crippen molar-refractivity contribution in [2.24, 2.45) is 5.41 Å². The van der Waals surface area contributed by atoms with E-state index in [4.69, 9.17) is 0 Å². The highest BCUT2D eigenvalue weighted by molar-refractivity contribution is 5.81. The summed E-state index contributed by atoms with van der Waals surface area (Å²) in [5.74, 6) is -0.0697. The molecule has 1 heterocycles. The van der Waals surface area contributed by atoms with E-state index in [1.165, 1.54) is 4.90 Å². The molecule has 0 aromatic heterocycles. The SMILES string of the molecule is CC(C)(C)C(=O)N1CCCCC1F. The summed E-state index contributed by atoms with van der Waals surface area (Å²) in [6.07, 6.45) is 1.28. The summed E-state index contributed by atoms with van der Waals surface area (Å²) < 4.78 is 13.3. The minimum Gasteiger partial charge on any atom is -0.312 e. The third-order valence-corrected chi connectivity index (χ3v) is 2.33. The second kappa shape index (κ2) is 3.64. The number of piperidine rings is 1. The quantitative estimate of drug-likeness (QED) is 0.533. The van der Waals surface area contributed by atoms with Gasteiger partial charge in [0.1, 0.15) is 0 Å². The van der Waals surface area contributed by atoms with Gasteiger partial charge in [-0.05, 0) is 19.3 Å². The first-order valence-corrected chi connectivity index (χ1v) is 4.88. The Kier molecular flexibility index (Phi) is 2.94. The van der Waals surface area contributed by atoms with Gasteiger partial charge in [0.25, 0.3) is 0 Å². The molecule has 1 fully saturated rings. The van der Waals surface area contributed by atoms with E-state index in [0.717, 1.165) is 12.8 Å². The van der Waals surface area contributed by atoms with Crippen LogP contribution in [0.1, 0.15) is 40.0 Å². The number of hydrogen-bond donors (Lipinski definition) is 0. The van der Waals surface area contributed by atoms with Crippen molar-refractivity contribution in [2.75, 3.05) is 6.54 Å². The van der Waals surface area contributed by atoms with Gasteiger partial charge >= 0.3 is 0 Å². The predicted molar refractivity (Wildman–Crippen MR) is 49.9 cm³/mol. The van der Waals surface area contributed by atoms with Crippen molar-refractivity contribution in [3.63, 3.8) is 0 Å². The number of alkyl halides is 1. The molecular weight excluding hydrogens is 169 g/mol. The Bertz CT molecular complexity index is 198. The molecule has 1 aliphatic heterocycles. The highest BCUT2D eigenvalue weighted by Gasteiger charge is 2.33. The summed E-state index contributed by atoms with van der Waals surface area (Å²) in [7, 11) is 0. The van der Waals surface area contributed by atoms with Crippen LogP contribution < -0.4 is 0 Å². The van der Waals surface area contributed by atoms with Crippen LogP contribution in [0.3, 0.4) is 0 Å². The van der Waals surface area contributed by atoms with E-state index in [0.29, 0.717) is 13.0 Å². The number of nitrogens with zero attached hydrogens (tertiary/aromatic N) is 1. The van der Waals surface area contributed by atoms with Gasteiger partial charge < -0.3 is 4.90 Å². The molecule has 13 heavy (non-hydrogen) atoms. The van der Waals surface area contributed by atoms with Gasteiger partial charge in [0.2, 0.25) is 5.91 Å². The summed E-state index contributed by atoms with van der Waals surface area (Å²) in [6, 6.07) is 0. The van der Waals surface area contributed by atoms with Crippen LogP contribution in [-0.2, 0) is 4.79 Å². The zero-order valence-corrected chi connectivity index (χ0v) is 8.64. The lowest BCUT2D eigenvalue weighted by Gasteiger charge is -2.35. The maximum atomic E-state index is 13.3. The van der Waals surface area contributed by atoms with Crippen molar-refractivity contribution >= 4 is 5.91 Å². The zero-order chi connectivity index (χ0) is 10.1. The molecule has 1 rings (SSSR count). The fourth-order valence-electron chi connectivity index (χ4n) is 1.55. The molecule has 0 N–H and O–H groups in total. The largest absolute Gasteiger partial charge is 0.312 e. The normalized spacial score (nSPS) is 24.6. The maximum absolute atomic E-state index is 13.3.